The fourth-order valence-corrected chi connectivity index (χ4v) is 4.11. The lowest BCUT2D eigenvalue weighted by molar-refractivity contribution is 0.0687. The molecular weight excluding hydrogens is 344 g/mol. The largest absolute Gasteiger partial charge is 0.478 e. The third-order valence-electron chi connectivity index (χ3n) is 2.83. The van der Waals surface area contributed by atoms with Crippen LogP contribution in [0, 0.1) is 13.8 Å². The van der Waals surface area contributed by atoms with Gasteiger partial charge in [0, 0.05) is 0 Å². The van der Waals surface area contributed by atoms with Crippen molar-refractivity contribution in [1.29, 1.82) is 0 Å². The van der Waals surface area contributed by atoms with Crippen LogP contribution in [0.25, 0.3) is 0 Å². The molecule has 0 saturated heterocycles. The maximum Gasteiger partial charge on any atom is 0.337 e. The molecule has 1 aromatic carbocycles. The highest BCUT2D eigenvalue weighted by molar-refractivity contribution is 7.86. The number of carbonyl (C=O) groups is 2. The Morgan fingerprint density at radius 3 is 1.18 bits per heavy atom. The van der Waals surface area contributed by atoms with Crippen LogP contribution in [0.15, 0.2) is 9.79 Å². The topological polar surface area (TPSA) is 183 Å². The van der Waals surface area contributed by atoms with Gasteiger partial charge in [-0.05, 0) is 25.0 Å². The fourth-order valence-electron chi connectivity index (χ4n) is 2.13. The number of hydrogen-bond donors (Lipinski definition) is 4. The van der Waals surface area contributed by atoms with Crippen molar-refractivity contribution in [1.82, 2.24) is 0 Å². The molecule has 0 aliphatic heterocycles. The predicted molar refractivity (Wildman–Crippen MR) is 69.5 cm³/mol. The van der Waals surface area contributed by atoms with Crippen molar-refractivity contribution in [2.45, 2.75) is 23.6 Å². The van der Waals surface area contributed by atoms with E-state index in [0.717, 1.165) is 13.8 Å². The number of carboxylic acids is 2. The molecule has 0 amide bonds. The summed E-state index contributed by atoms with van der Waals surface area (Å²) in [5.74, 6) is -3.98. The van der Waals surface area contributed by atoms with Crippen LogP contribution in [-0.2, 0) is 20.2 Å². The number of aromatic carboxylic acids is 2. The third-order valence-corrected chi connectivity index (χ3v) is 4.88. The molecule has 0 atom stereocenters. The zero-order valence-electron chi connectivity index (χ0n) is 11.1. The molecule has 22 heavy (non-hydrogen) atoms. The van der Waals surface area contributed by atoms with Gasteiger partial charge in [0.25, 0.3) is 20.2 Å². The average molecular weight is 354 g/mol. The molecule has 4 N–H and O–H groups in total. The number of carboxylic acid groups (broad SMARTS) is 2. The Balaban J connectivity index is 4.40. The van der Waals surface area contributed by atoms with Gasteiger partial charge in [-0.25, -0.2) is 9.59 Å². The maximum atomic E-state index is 11.4. The van der Waals surface area contributed by atoms with Gasteiger partial charge in [0.1, 0.15) is 9.79 Å². The summed E-state index contributed by atoms with van der Waals surface area (Å²) < 4.78 is 63.7. The van der Waals surface area contributed by atoms with Gasteiger partial charge >= 0.3 is 11.9 Å². The van der Waals surface area contributed by atoms with E-state index in [-0.39, 0.29) is 0 Å². The van der Waals surface area contributed by atoms with Gasteiger partial charge in [0.15, 0.2) is 0 Å². The molecule has 0 aromatic heterocycles. The lowest BCUT2D eigenvalue weighted by Gasteiger charge is -2.16. The van der Waals surface area contributed by atoms with Crippen LogP contribution in [0.4, 0.5) is 0 Å². The molecule has 0 aliphatic carbocycles. The molecule has 1 aromatic rings. The summed E-state index contributed by atoms with van der Waals surface area (Å²) in [6, 6.07) is 0. The van der Waals surface area contributed by atoms with Crippen LogP contribution in [0.2, 0.25) is 0 Å². The summed E-state index contributed by atoms with van der Waals surface area (Å²) in [7, 11) is -10.3. The summed E-state index contributed by atoms with van der Waals surface area (Å²) in [6.07, 6.45) is 0. The zero-order chi connectivity index (χ0) is 17.6. The van der Waals surface area contributed by atoms with Crippen LogP contribution in [0.3, 0.4) is 0 Å². The van der Waals surface area contributed by atoms with Crippen molar-refractivity contribution in [3.63, 3.8) is 0 Å². The van der Waals surface area contributed by atoms with E-state index in [1.807, 2.05) is 0 Å². The van der Waals surface area contributed by atoms with Crippen molar-refractivity contribution in [2.24, 2.45) is 0 Å². The smallest absolute Gasteiger partial charge is 0.337 e. The molecule has 0 unspecified atom stereocenters. The molecule has 0 radical (unpaired) electrons. The minimum atomic E-state index is -5.30. The molecule has 0 heterocycles. The van der Waals surface area contributed by atoms with E-state index in [2.05, 4.69) is 0 Å². The highest BCUT2D eigenvalue weighted by Crippen LogP contribution is 2.33. The lowest BCUT2D eigenvalue weighted by Crippen LogP contribution is -2.21. The average Bonchev–Trinajstić information content (AvgIpc) is 2.23. The Kier molecular flexibility index (Phi) is 4.36. The normalized spacial score (nSPS) is 12.2. The summed E-state index contributed by atoms with van der Waals surface area (Å²) in [4.78, 5) is 19.9. The van der Waals surface area contributed by atoms with Crippen LogP contribution in [0.1, 0.15) is 31.8 Å². The molecule has 0 aliphatic rings. The van der Waals surface area contributed by atoms with E-state index in [1.54, 1.807) is 0 Å². The first-order valence-corrected chi connectivity index (χ1v) is 8.18. The lowest BCUT2D eigenvalue weighted by atomic mass is 9.99. The Bertz CT molecular complexity index is 851. The van der Waals surface area contributed by atoms with E-state index in [0.29, 0.717) is 0 Å². The summed E-state index contributed by atoms with van der Waals surface area (Å²) in [6.45, 7) is 1.72. The fraction of sp³-hybridized carbons (Fsp3) is 0.200. The van der Waals surface area contributed by atoms with Crippen molar-refractivity contribution < 1.29 is 45.7 Å². The highest BCUT2D eigenvalue weighted by Gasteiger charge is 2.36. The second-order valence-electron chi connectivity index (χ2n) is 4.22. The summed E-state index contributed by atoms with van der Waals surface area (Å²) >= 11 is 0. The molecule has 0 saturated carbocycles. The molecule has 0 bridgehead atoms. The standard InChI is InChI=1S/C10H10O10S2/c1-3-5(9(11)12)8(22(18,19)20)6(10(13)14)4(2)7(3)21(15,16)17/h1-2H3,(H,11,12)(H,13,14)(H,15,16,17)(H,18,19,20). The van der Waals surface area contributed by atoms with Gasteiger partial charge in [0.05, 0.1) is 11.1 Å². The van der Waals surface area contributed by atoms with Gasteiger partial charge in [-0.1, -0.05) is 0 Å². The zero-order valence-corrected chi connectivity index (χ0v) is 12.7. The van der Waals surface area contributed by atoms with E-state index >= 15 is 0 Å². The summed E-state index contributed by atoms with van der Waals surface area (Å²) in [5, 5.41) is 18.1. The van der Waals surface area contributed by atoms with Crippen LogP contribution < -0.4 is 0 Å². The van der Waals surface area contributed by atoms with Crippen LogP contribution in [0.5, 0.6) is 0 Å². The minimum absolute atomic E-state index is 0.717. The Labute approximate surface area is 124 Å². The van der Waals surface area contributed by atoms with Crippen molar-refractivity contribution >= 4 is 32.2 Å². The second-order valence-corrected chi connectivity index (χ2v) is 6.94. The van der Waals surface area contributed by atoms with Crippen molar-refractivity contribution in [3.8, 4) is 0 Å². The van der Waals surface area contributed by atoms with Gasteiger partial charge < -0.3 is 10.2 Å². The molecule has 122 valence electrons. The van der Waals surface area contributed by atoms with E-state index in [9.17, 15) is 26.4 Å². The first kappa shape index (κ1) is 18.0. The van der Waals surface area contributed by atoms with E-state index in [1.165, 1.54) is 0 Å². The van der Waals surface area contributed by atoms with Crippen molar-refractivity contribution in [3.05, 3.63) is 22.3 Å². The molecule has 12 heteroatoms. The first-order valence-electron chi connectivity index (χ1n) is 5.30. The van der Waals surface area contributed by atoms with Crippen molar-refractivity contribution in [2.75, 3.05) is 0 Å². The second kappa shape index (κ2) is 5.31. The third kappa shape index (κ3) is 2.94. The Morgan fingerprint density at radius 2 is 1.00 bits per heavy atom. The van der Waals surface area contributed by atoms with Gasteiger partial charge in [-0.2, -0.15) is 16.8 Å². The van der Waals surface area contributed by atoms with E-state index in [4.69, 9.17) is 19.3 Å². The quantitative estimate of drug-likeness (QED) is 0.544. The molecule has 10 nitrogen and oxygen atoms in total. The van der Waals surface area contributed by atoms with Crippen LogP contribution in [-0.4, -0.2) is 48.1 Å². The summed E-state index contributed by atoms with van der Waals surface area (Å²) in [5.41, 5.74) is -3.94. The number of rotatable bonds is 4. The van der Waals surface area contributed by atoms with Crippen LogP contribution >= 0.6 is 0 Å². The predicted octanol–water partition coefficient (Wildman–Crippen LogP) is 0.193. The highest BCUT2D eigenvalue weighted by atomic mass is 32.2. The van der Waals surface area contributed by atoms with Gasteiger partial charge in [-0.15, -0.1) is 0 Å². The Morgan fingerprint density at radius 1 is 0.727 bits per heavy atom. The number of benzene rings is 1. The molecule has 0 fully saturated rings. The molecular formula is C10H10O10S2. The monoisotopic (exact) mass is 354 g/mol. The number of hydrogen-bond acceptors (Lipinski definition) is 6. The van der Waals surface area contributed by atoms with Gasteiger partial charge in [0.2, 0.25) is 0 Å². The minimum Gasteiger partial charge on any atom is -0.478 e. The Hall–Kier alpha value is -2.02. The SMILES string of the molecule is Cc1c(C(=O)O)c(S(=O)(=O)O)c(C(=O)O)c(C)c1S(=O)(=O)O. The first-order chi connectivity index (χ1) is 9.71. The van der Waals surface area contributed by atoms with Gasteiger partial charge in [-0.3, -0.25) is 9.11 Å². The maximum absolute atomic E-state index is 11.4. The molecule has 0 spiro atoms. The van der Waals surface area contributed by atoms with E-state index < -0.39 is 64.2 Å². The molecule has 1 rings (SSSR count).